The zero-order valence-electron chi connectivity index (χ0n) is 11.6. The number of hydrogen-bond donors (Lipinski definition) is 1. The van der Waals surface area contributed by atoms with Gasteiger partial charge in [-0.1, -0.05) is 36.4 Å². The van der Waals surface area contributed by atoms with Gasteiger partial charge in [0.25, 0.3) is 0 Å². The van der Waals surface area contributed by atoms with Crippen LogP contribution in [0.25, 0.3) is 0 Å². The molecular weight excluding hydrogens is 280 g/mol. The highest BCUT2D eigenvalue weighted by Gasteiger charge is 2.13. The van der Waals surface area contributed by atoms with Crippen molar-refractivity contribution in [2.24, 2.45) is 0 Å². The van der Waals surface area contributed by atoms with E-state index >= 15 is 0 Å². The van der Waals surface area contributed by atoms with Crippen molar-refractivity contribution in [3.8, 4) is 0 Å². The van der Waals surface area contributed by atoms with Crippen LogP contribution >= 0.6 is 24.4 Å². The molecule has 1 aliphatic rings. The van der Waals surface area contributed by atoms with Crippen LogP contribution in [0, 0.1) is 0 Å². The molecule has 2 aromatic rings. The van der Waals surface area contributed by atoms with Gasteiger partial charge in [-0.3, -0.25) is 0 Å². The Morgan fingerprint density at radius 3 is 2.60 bits per heavy atom. The Morgan fingerprint density at radius 1 is 1.00 bits per heavy atom. The number of rotatable bonds is 5. The quantitative estimate of drug-likeness (QED) is 0.600. The summed E-state index contributed by atoms with van der Waals surface area (Å²) in [4.78, 5) is 1.41. The summed E-state index contributed by atoms with van der Waals surface area (Å²) in [6.07, 6.45) is 3.86. The van der Waals surface area contributed by atoms with Gasteiger partial charge in [-0.25, -0.2) is 0 Å². The van der Waals surface area contributed by atoms with E-state index in [4.69, 9.17) is 0 Å². The fourth-order valence-electron chi connectivity index (χ4n) is 2.81. The fraction of sp³-hybridized carbons (Fsp3) is 0.333. The van der Waals surface area contributed by atoms with Gasteiger partial charge in [-0.15, -0.1) is 11.8 Å². The Labute approximate surface area is 131 Å². The highest BCUT2D eigenvalue weighted by Crippen LogP contribution is 2.31. The molecule has 2 heteroatoms. The van der Waals surface area contributed by atoms with Crippen molar-refractivity contribution in [3.63, 3.8) is 0 Å². The van der Waals surface area contributed by atoms with E-state index in [1.807, 2.05) is 11.8 Å². The van der Waals surface area contributed by atoms with E-state index in [1.54, 1.807) is 11.1 Å². The lowest BCUT2D eigenvalue weighted by molar-refractivity contribution is 0.898. The van der Waals surface area contributed by atoms with Gasteiger partial charge in [0.05, 0.1) is 0 Å². The molecule has 1 unspecified atom stereocenters. The molecule has 1 aliphatic carbocycles. The van der Waals surface area contributed by atoms with Crippen molar-refractivity contribution < 1.29 is 0 Å². The summed E-state index contributed by atoms with van der Waals surface area (Å²) in [6, 6.07) is 17.7. The molecular formula is C18H20S2. The van der Waals surface area contributed by atoms with E-state index in [1.165, 1.54) is 29.7 Å². The second kappa shape index (κ2) is 6.73. The van der Waals surface area contributed by atoms with Crippen LogP contribution in [0.2, 0.25) is 0 Å². The summed E-state index contributed by atoms with van der Waals surface area (Å²) in [7, 11) is 0. The molecule has 0 nitrogen and oxygen atoms in total. The SMILES string of the molecule is SCC(CSc1ccc2c(c1)CCC2)c1ccccc1. The van der Waals surface area contributed by atoms with Gasteiger partial charge >= 0.3 is 0 Å². The summed E-state index contributed by atoms with van der Waals surface area (Å²) in [5, 5.41) is 0. The minimum atomic E-state index is 0.526. The second-order valence-corrected chi connectivity index (χ2v) is 6.84. The first kappa shape index (κ1) is 14.1. The van der Waals surface area contributed by atoms with Crippen molar-refractivity contribution in [1.82, 2.24) is 0 Å². The summed E-state index contributed by atoms with van der Waals surface area (Å²) >= 11 is 6.49. The Hall–Kier alpha value is -0.860. The molecule has 3 rings (SSSR count). The van der Waals surface area contributed by atoms with E-state index < -0.39 is 0 Å². The van der Waals surface area contributed by atoms with Crippen LogP contribution in [0.3, 0.4) is 0 Å². The Morgan fingerprint density at radius 2 is 1.80 bits per heavy atom. The normalized spacial score (nSPS) is 15.1. The lowest BCUT2D eigenvalue weighted by Crippen LogP contribution is -2.03. The third-order valence-corrected chi connectivity index (χ3v) is 5.61. The van der Waals surface area contributed by atoms with Gasteiger partial charge < -0.3 is 0 Å². The largest absolute Gasteiger partial charge is 0.179 e. The van der Waals surface area contributed by atoms with Gasteiger partial charge in [0, 0.05) is 16.6 Å². The second-order valence-electron chi connectivity index (χ2n) is 5.39. The maximum atomic E-state index is 4.53. The molecule has 0 amide bonds. The molecule has 0 aliphatic heterocycles. The van der Waals surface area contributed by atoms with Gasteiger partial charge in [0.1, 0.15) is 0 Å². The number of hydrogen-bond acceptors (Lipinski definition) is 2. The Bertz CT molecular complexity index is 563. The molecule has 0 bridgehead atoms. The van der Waals surface area contributed by atoms with Crippen molar-refractivity contribution in [1.29, 1.82) is 0 Å². The summed E-state index contributed by atoms with van der Waals surface area (Å²) in [5.41, 5.74) is 4.52. The molecule has 0 spiro atoms. The van der Waals surface area contributed by atoms with Crippen molar-refractivity contribution >= 4 is 24.4 Å². The highest BCUT2D eigenvalue weighted by molar-refractivity contribution is 7.99. The summed E-state index contributed by atoms with van der Waals surface area (Å²) in [6.45, 7) is 0. The smallest absolute Gasteiger partial charge is 0.00751 e. The lowest BCUT2D eigenvalue weighted by atomic mass is 10.0. The molecule has 0 saturated heterocycles. The van der Waals surface area contributed by atoms with Gasteiger partial charge in [0.15, 0.2) is 0 Å². The Kier molecular flexibility index (Phi) is 4.74. The van der Waals surface area contributed by atoms with Gasteiger partial charge in [-0.2, -0.15) is 12.6 Å². The van der Waals surface area contributed by atoms with Gasteiger partial charge in [0.2, 0.25) is 0 Å². The molecule has 0 fully saturated rings. The summed E-state index contributed by atoms with van der Waals surface area (Å²) < 4.78 is 0. The van der Waals surface area contributed by atoms with E-state index in [9.17, 15) is 0 Å². The van der Waals surface area contributed by atoms with Crippen molar-refractivity contribution in [2.75, 3.05) is 11.5 Å². The van der Waals surface area contributed by atoms with Crippen LogP contribution in [0.4, 0.5) is 0 Å². The minimum absolute atomic E-state index is 0.526. The number of fused-ring (bicyclic) bond motifs is 1. The van der Waals surface area contributed by atoms with E-state index in [-0.39, 0.29) is 0 Å². The van der Waals surface area contributed by atoms with E-state index in [0.29, 0.717) is 5.92 Å². The van der Waals surface area contributed by atoms with Crippen molar-refractivity contribution in [2.45, 2.75) is 30.1 Å². The van der Waals surface area contributed by atoms with Crippen molar-refractivity contribution in [3.05, 3.63) is 65.2 Å². The molecule has 0 heterocycles. The first-order valence-electron chi connectivity index (χ1n) is 7.27. The predicted octanol–water partition coefficient (Wildman–Crippen LogP) is 4.98. The average molecular weight is 300 g/mol. The number of benzene rings is 2. The molecule has 0 N–H and O–H groups in total. The zero-order chi connectivity index (χ0) is 13.8. The van der Waals surface area contributed by atoms with E-state index in [0.717, 1.165) is 11.5 Å². The number of thiol groups is 1. The standard InChI is InChI=1S/C18H20S2/c19-12-17(14-5-2-1-3-6-14)13-20-18-10-9-15-7-4-8-16(15)11-18/h1-3,5-6,9-11,17,19H,4,7-8,12-13H2. The van der Waals surface area contributed by atoms with Crippen LogP contribution in [0.1, 0.15) is 29.0 Å². The maximum absolute atomic E-state index is 4.53. The van der Waals surface area contributed by atoms with Crippen LogP contribution in [0.15, 0.2) is 53.4 Å². The average Bonchev–Trinajstić information content (AvgIpc) is 2.96. The molecule has 1 atom stereocenters. The third-order valence-electron chi connectivity index (χ3n) is 4.01. The first-order valence-corrected chi connectivity index (χ1v) is 8.89. The molecule has 2 aromatic carbocycles. The van der Waals surface area contributed by atoms with Crippen LogP contribution in [0.5, 0.6) is 0 Å². The molecule has 0 radical (unpaired) electrons. The summed E-state index contributed by atoms with van der Waals surface area (Å²) in [5.74, 6) is 2.53. The number of thioether (sulfide) groups is 1. The maximum Gasteiger partial charge on any atom is 0.00751 e. The van der Waals surface area contributed by atoms with E-state index in [2.05, 4.69) is 61.2 Å². The molecule has 104 valence electrons. The van der Waals surface area contributed by atoms with Gasteiger partial charge in [-0.05, 0) is 53.8 Å². The minimum Gasteiger partial charge on any atom is -0.179 e. The third kappa shape index (κ3) is 3.24. The highest BCUT2D eigenvalue weighted by atomic mass is 32.2. The van der Waals surface area contributed by atoms with Crippen LogP contribution < -0.4 is 0 Å². The fourth-order valence-corrected chi connectivity index (χ4v) is 4.42. The van der Waals surface area contributed by atoms with Crippen LogP contribution in [-0.2, 0) is 12.8 Å². The molecule has 20 heavy (non-hydrogen) atoms. The monoisotopic (exact) mass is 300 g/mol. The predicted molar refractivity (Wildman–Crippen MR) is 92.2 cm³/mol. The topological polar surface area (TPSA) is 0 Å². The Balaban J connectivity index is 1.66. The van der Waals surface area contributed by atoms with Crippen LogP contribution in [-0.4, -0.2) is 11.5 Å². The number of aryl methyl sites for hydroxylation is 2. The lowest BCUT2D eigenvalue weighted by Gasteiger charge is -2.14. The molecule has 0 aromatic heterocycles. The molecule has 0 saturated carbocycles. The zero-order valence-corrected chi connectivity index (χ0v) is 13.3. The first-order chi connectivity index (χ1) is 9.86.